The molecule has 0 aromatic heterocycles. The van der Waals surface area contributed by atoms with Crippen molar-refractivity contribution in [2.24, 2.45) is 5.92 Å². The Morgan fingerprint density at radius 2 is 1.54 bits per heavy atom. The second-order valence-corrected chi connectivity index (χ2v) is 10.9. The number of allylic oxidation sites excluding steroid dienone is 4. The van der Waals surface area contributed by atoms with Crippen LogP contribution in [0.4, 0.5) is 13.2 Å². The van der Waals surface area contributed by atoms with Crippen molar-refractivity contribution in [1.29, 1.82) is 0 Å². The van der Waals surface area contributed by atoms with Gasteiger partial charge >= 0.3 is 0 Å². The van der Waals surface area contributed by atoms with E-state index in [2.05, 4.69) is 6.92 Å². The fraction of sp³-hybridized carbons (Fsp3) is 0.529. The van der Waals surface area contributed by atoms with Gasteiger partial charge in [-0.1, -0.05) is 87.6 Å². The van der Waals surface area contributed by atoms with Gasteiger partial charge in [0, 0.05) is 18.1 Å². The Labute approximate surface area is 232 Å². The van der Waals surface area contributed by atoms with Gasteiger partial charge in [-0.3, -0.25) is 0 Å². The van der Waals surface area contributed by atoms with Crippen LogP contribution < -0.4 is 0 Å². The number of benzene rings is 2. The SMILES string of the molecule is CCCCCCCCC1=CC=C(c2ccc(-c3ccc(C4CCC(COCC)CO4)c(F)c3)cc2)C(F)C1F. The second kappa shape index (κ2) is 14.9. The molecule has 39 heavy (non-hydrogen) atoms. The summed E-state index contributed by atoms with van der Waals surface area (Å²) < 4.78 is 56.5. The van der Waals surface area contributed by atoms with Crippen molar-refractivity contribution in [2.75, 3.05) is 19.8 Å². The van der Waals surface area contributed by atoms with Crippen LogP contribution in [0.3, 0.4) is 0 Å². The molecule has 4 atom stereocenters. The van der Waals surface area contributed by atoms with Crippen molar-refractivity contribution in [3.05, 3.63) is 77.1 Å². The van der Waals surface area contributed by atoms with Gasteiger partial charge in [0.1, 0.15) is 5.82 Å². The molecule has 0 amide bonds. The molecule has 4 rings (SSSR count). The Bertz CT molecular complexity index is 1100. The van der Waals surface area contributed by atoms with Crippen LogP contribution in [0.15, 0.2) is 60.2 Å². The molecule has 5 heteroatoms. The van der Waals surface area contributed by atoms with Gasteiger partial charge in [-0.15, -0.1) is 0 Å². The van der Waals surface area contributed by atoms with E-state index in [1.54, 1.807) is 30.4 Å². The van der Waals surface area contributed by atoms with Crippen molar-refractivity contribution in [3.63, 3.8) is 0 Å². The predicted molar refractivity (Wildman–Crippen MR) is 154 cm³/mol. The number of unbranched alkanes of at least 4 members (excludes halogenated alkanes) is 5. The summed E-state index contributed by atoms with van der Waals surface area (Å²) in [6, 6.07) is 12.5. The normalized spacial score (nSPS) is 23.4. The minimum atomic E-state index is -1.67. The van der Waals surface area contributed by atoms with Crippen LogP contribution in [0.1, 0.15) is 88.9 Å². The lowest BCUT2D eigenvalue weighted by molar-refractivity contribution is -0.0433. The molecule has 2 nitrogen and oxygen atoms in total. The highest BCUT2D eigenvalue weighted by atomic mass is 19.2. The van der Waals surface area contributed by atoms with Crippen LogP contribution in [0.5, 0.6) is 0 Å². The van der Waals surface area contributed by atoms with Crippen molar-refractivity contribution in [1.82, 2.24) is 0 Å². The molecule has 0 spiro atoms. The first-order valence-electron chi connectivity index (χ1n) is 14.8. The Kier molecular flexibility index (Phi) is 11.3. The highest BCUT2D eigenvalue weighted by Crippen LogP contribution is 2.36. The predicted octanol–water partition coefficient (Wildman–Crippen LogP) is 9.75. The number of ether oxygens (including phenoxy) is 2. The van der Waals surface area contributed by atoms with Gasteiger partial charge in [-0.05, 0) is 66.5 Å². The summed E-state index contributed by atoms with van der Waals surface area (Å²) >= 11 is 0. The van der Waals surface area contributed by atoms with Gasteiger partial charge in [0.05, 0.1) is 19.3 Å². The summed E-state index contributed by atoms with van der Waals surface area (Å²) in [5, 5.41) is 0. The van der Waals surface area contributed by atoms with E-state index in [9.17, 15) is 4.39 Å². The molecule has 2 aromatic rings. The van der Waals surface area contributed by atoms with E-state index in [1.807, 2.05) is 25.1 Å². The standard InChI is InChI=1S/C34H43F3O2/c1-3-5-6-7-8-9-10-27-16-18-29(34(37)33(27)36)26-14-12-25(13-15-26)28-17-19-30(31(35)21-28)32-20-11-24(23-39-32)22-38-4-2/h12-19,21,24,32-34H,3-11,20,22-23H2,1-2H3. The summed E-state index contributed by atoms with van der Waals surface area (Å²) in [4.78, 5) is 0. The minimum Gasteiger partial charge on any atom is -0.381 e. The highest BCUT2D eigenvalue weighted by Gasteiger charge is 2.31. The van der Waals surface area contributed by atoms with E-state index in [0.717, 1.165) is 43.2 Å². The van der Waals surface area contributed by atoms with E-state index < -0.39 is 12.3 Å². The molecule has 1 saturated heterocycles. The Morgan fingerprint density at radius 1 is 0.821 bits per heavy atom. The smallest absolute Gasteiger partial charge is 0.161 e. The zero-order valence-electron chi connectivity index (χ0n) is 23.4. The quantitative estimate of drug-likeness (QED) is 0.235. The lowest BCUT2D eigenvalue weighted by Gasteiger charge is -2.29. The molecule has 2 aromatic carbocycles. The van der Waals surface area contributed by atoms with Crippen LogP contribution in [0, 0.1) is 11.7 Å². The maximum atomic E-state index is 15.1. The Balaban J connectivity index is 1.36. The Hall–Kier alpha value is -2.37. The van der Waals surface area contributed by atoms with Crippen LogP contribution >= 0.6 is 0 Å². The molecule has 0 radical (unpaired) electrons. The number of halogens is 3. The molecule has 212 valence electrons. The fourth-order valence-corrected chi connectivity index (χ4v) is 5.60. The molecule has 0 N–H and O–H groups in total. The number of alkyl halides is 2. The summed E-state index contributed by atoms with van der Waals surface area (Å²) in [5.41, 5.74) is 3.72. The number of hydrogen-bond acceptors (Lipinski definition) is 2. The molecular formula is C34H43F3O2. The molecule has 1 aliphatic carbocycles. The molecule has 4 unspecified atom stereocenters. The van der Waals surface area contributed by atoms with E-state index in [1.165, 1.54) is 25.3 Å². The first-order valence-corrected chi connectivity index (χ1v) is 14.8. The van der Waals surface area contributed by atoms with Gasteiger partial charge < -0.3 is 9.47 Å². The van der Waals surface area contributed by atoms with Crippen LogP contribution in [0.25, 0.3) is 16.7 Å². The number of rotatable bonds is 13. The molecule has 0 saturated carbocycles. The van der Waals surface area contributed by atoms with Crippen LogP contribution in [-0.2, 0) is 9.47 Å². The molecule has 1 aliphatic heterocycles. The zero-order chi connectivity index (χ0) is 27.6. The average Bonchev–Trinajstić information content (AvgIpc) is 2.96. The first kappa shape index (κ1) is 29.6. The zero-order valence-corrected chi connectivity index (χ0v) is 23.4. The van der Waals surface area contributed by atoms with Gasteiger partial charge in [-0.25, -0.2) is 13.2 Å². The van der Waals surface area contributed by atoms with Crippen molar-refractivity contribution in [2.45, 2.75) is 90.1 Å². The molecule has 1 fully saturated rings. The van der Waals surface area contributed by atoms with Gasteiger partial charge in [0.15, 0.2) is 12.3 Å². The summed E-state index contributed by atoms with van der Waals surface area (Å²) in [6.45, 7) is 6.11. The van der Waals surface area contributed by atoms with Crippen molar-refractivity contribution < 1.29 is 22.6 Å². The van der Waals surface area contributed by atoms with Crippen molar-refractivity contribution in [3.8, 4) is 11.1 Å². The van der Waals surface area contributed by atoms with Crippen LogP contribution in [0.2, 0.25) is 0 Å². The van der Waals surface area contributed by atoms with Crippen molar-refractivity contribution >= 4 is 5.57 Å². The van der Waals surface area contributed by atoms with Gasteiger partial charge in [0.25, 0.3) is 0 Å². The molecule has 2 aliphatic rings. The third kappa shape index (κ3) is 7.85. The molecule has 0 bridgehead atoms. The Morgan fingerprint density at radius 3 is 2.23 bits per heavy atom. The van der Waals surface area contributed by atoms with E-state index in [-0.39, 0.29) is 11.9 Å². The first-order chi connectivity index (χ1) is 19.0. The molecular weight excluding hydrogens is 497 g/mol. The maximum Gasteiger partial charge on any atom is 0.161 e. The fourth-order valence-electron chi connectivity index (χ4n) is 5.60. The summed E-state index contributed by atoms with van der Waals surface area (Å²) in [5.74, 6) is 0.0762. The van der Waals surface area contributed by atoms with E-state index >= 15 is 8.78 Å². The lowest BCUT2D eigenvalue weighted by atomic mass is 9.87. The molecule has 1 heterocycles. The third-order valence-corrected chi connectivity index (χ3v) is 8.03. The van der Waals surface area contributed by atoms with Crippen LogP contribution in [-0.4, -0.2) is 32.2 Å². The maximum absolute atomic E-state index is 15.1. The lowest BCUT2D eigenvalue weighted by Crippen LogP contribution is -2.24. The topological polar surface area (TPSA) is 18.5 Å². The number of hydrogen-bond donors (Lipinski definition) is 0. The summed E-state index contributed by atoms with van der Waals surface area (Å²) in [6.07, 6.45) is 9.06. The third-order valence-electron chi connectivity index (χ3n) is 8.03. The summed E-state index contributed by atoms with van der Waals surface area (Å²) in [7, 11) is 0. The van der Waals surface area contributed by atoms with E-state index in [0.29, 0.717) is 54.4 Å². The second-order valence-electron chi connectivity index (χ2n) is 10.9. The monoisotopic (exact) mass is 540 g/mol. The minimum absolute atomic E-state index is 0.244. The average molecular weight is 541 g/mol. The van der Waals surface area contributed by atoms with Gasteiger partial charge in [-0.2, -0.15) is 0 Å². The highest BCUT2D eigenvalue weighted by molar-refractivity contribution is 5.75. The van der Waals surface area contributed by atoms with Gasteiger partial charge in [0.2, 0.25) is 0 Å². The largest absolute Gasteiger partial charge is 0.381 e. The van der Waals surface area contributed by atoms with E-state index in [4.69, 9.17) is 9.47 Å².